The van der Waals surface area contributed by atoms with Crippen LogP contribution < -0.4 is 5.73 Å². The molecule has 90 valence electrons. The highest BCUT2D eigenvalue weighted by atomic mass is 19.4. The summed E-state index contributed by atoms with van der Waals surface area (Å²) in [5.74, 6) is 0. The monoisotopic (exact) mass is 240 g/mol. The summed E-state index contributed by atoms with van der Waals surface area (Å²) < 4.78 is 38.2. The fourth-order valence-electron chi connectivity index (χ4n) is 1.68. The summed E-state index contributed by atoms with van der Waals surface area (Å²) in [5.41, 5.74) is 5.56. The minimum Gasteiger partial charge on any atom is -0.323 e. The Labute approximate surface area is 96.3 Å². The van der Waals surface area contributed by atoms with Crippen molar-refractivity contribution in [2.75, 3.05) is 0 Å². The molecule has 0 aliphatic rings. The molecule has 0 bridgehead atoms. The largest absolute Gasteiger partial charge is 0.417 e. The van der Waals surface area contributed by atoms with E-state index in [4.69, 9.17) is 5.73 Å². The molecule has 0 amide bonds. The molecular formula is C12H11F3N2. The van der Waals surface area contributed by atoms with Gasteiger partial charge in [-0.05, 0) is 24.4 Å². The number of pyridine rings is 1. The van der Waals surface area contributed by atoms with Crippen molar-refractivity contribution >= 4 is 10.8 Å². The molecule has 1 aromatic heterocycles. The Kier molecular flexibility index (Phi) is 2.79. The first-order valence-electron chi connectivity index (χ1n) is 5.11. The Morgan fingerprint density at radius 2 is 2.00 bits per heavy atom. The summed E-state index contributed by atoms with van der Waals surface area (Å²) in [6.45, 7) is 1.74. The number of hydrogen-bond acceptors (Lipinski definition) is 2. The van der Waals surface area contributed by atoms with Gasteiger partial charge in [0.2, 0.25) is 0 Å². The molecule has 0 spiro atoms. The molecule has 17 heavy (non-hydrogen) atoms. The molecule has 1 atom stereocenters. The Bertz CT molecular complexity index is 547. The van der Waals surface area contributed by atoms with E-state index in [1.54, 1.807) is 19.1 Å². The maximum Gasteiger partial charge on any atom is 0.417 e. The van der Waals surface area contributed by atoms with Gasteiger partial charge >= 0.3 is 6.18 Å². The van der Waals surface area contributed by atoms with Crippen molar-refractivity contribution in [1.29, 1.82) is 0 Å². The van der Waals surface area contributed by atoms with Crippen LogP contribution in [0.4, 0.5) is 13.2 Å². The van der Waals surface area contributed by atoms with Crippen LogP contribution in [-0.2, 0) is 6.18 Å². The summed E-state index contributed by atoms with van der Waals surface area (Å²) in [6, 6.07) is 5.35. The summed E-state index contributed by atoms with van der Waals surface area (Å²) in [6.07, 6.45) is -3.13. The van der Waals surface area contributed by atoms with Crippen molar-refractivity contribution in [3.05, 3.63) is 41.7 Å². The molecule has 0 radical (unpaired) electrons. The number of aromatic nitrogens is 1. The zero-order valence-electron chi connectivity index (χ0n) is 9.12. The molecule has 0 aliphatic carbocycles. The average molecular weight is 240 g/mol. The number of benzene rings is 1. The SMILES string of the molecule is CC(N)c1cc2cccc(C(F)(F)F)c2cn1. The van der Waals surface area contributed by atoms with Gasteiger partial charge in [-0.1, -0.05) is 12.1 Å². The van der Waals surface area contributed by atoms with E-state index in [-0.39, 0.29) is 11.4 Å². The number of rotatable bonds is 1. The second-order valence-corrected chi connectivity index (χ2v) is 3.92. The Balaban J connectivity index is 2.67. The van der Waals surface area contributed by atoms with Crippen LogP contribution in [0.2, 0.25) is 0 Å². The number of alkyl halides is 3. The Hall–Kier alpha value is -1.62. The lowest BCUT2D eigenvalue weighted by molar-refractivity contribution is -0.136. The fourth-order valence-corrected chi connectivity index (χ4v) is 1.68. The molecule has 0 saturated heterocycles. The fraction of sp³-hybridized carbons (Fsp3) is 0.250. The average Bonchev–Trinajstić information content (AvgIpc) is 2.26. The Morgan fingerprint density at radius 3 is 2.59 bits per heavy atom. The first-order chi connectivity index (χ1) is 7.89. The normalized spacial score (nSPS) is 13.9. The van der Waals surface area contributed by atoms with Gasteiger partial charge in [-0.3, -0.25) is 4.98 Å². The predicted octanol–water partition coefficient (Wildman–Crippen LogP) is 3.27. The highest BCUT2D eigenvalue weighted by molar-refractivity contribution is 5.85. The van der Waals surface area contributed by atoms with Gasteiger partial charge in [0.05, 0.1) is 11.3 Å². The minimum absolute atomic E-state index is 0.101. The number of halogens is 3. The smallest absolute Gasteiger partial charge is 0.323 e. The molecule has 2 nitrogen and oxygen atoms in total. The standard InChI is InChI=1S/C12H11F3N2/c1-7(16)11-5-8-3-2-4-10(12(13,14)15)9(8)6-17-11/h2-7H,16H2,1H3. The van der Waals surface area contributed by atoms with Crippen LogP contribution in [0.25, 0.3) is 10.8 Å². The zero-order valence-corrected chi connectivity index (χ0v) is 9.12. The molecule has 0 saturated carbocycles. The van der Waals surface area contributed by atoms with E-state index in [1.807, 2.05) is 0 Å². The number of fused-ring (bicyclic) bond motifs is 1. The first-order valence-corrected chi connectivity index (χ1v) is 5.11. The molecule has 5 heteroatoms. The molecule has 1 heterocycles. The van der Waals surface area contributed by atoms with E-state index in [9.17, 15) is 13.2 Å². The van der Waals surface area contributed by atoms with Gasteiger partial charge in [-0.15, -0.1) is 0 Å². The number of hydrogen-bond donors (Lipinski definition) is 1. The lowest BCUT2D eigenvalue weighted by Crippen LogP contribution is -2.09. The summed E-state index contributed by atoms with van der Waals surface area (Å²) in [5, 5.41) is 0.603. The van der Waals surface area contributed by atoms with Gasteiger partial charge in [-0.2, -0.15) is 13.2 Å². The van der Waals surface area contributed by atoms with Crippen LogP contribution in [0.1, 0.15) is 24.2 Å². The molecule has 0 aliphatic heterocycles. The maximum absolute atomic E-state index is 12.7. The van der Waals surface area contributed by atoms with Gasteiger partial charge in [0.15, 0.2) is 0 Å². The van der Waals surface area contributed by atoms with Crippen molar-refractivity contribution in [1.82, 2.24) is 4.98 Å². The molecule has 0 fully saturated rings. The molecule has 1 aromatic carbocycles. The van der Waals surface area contributed by atoms with Gasteiger partial charge < -0.3 is 5.73 Å². The van der Waals surface area contributed by atoms with E-state index >= 15 is 0 Å². The molecule has 2 aromatic rings. The van der Waals surface area contributed by atoms with E-state index in [0.29, 0.717) is 11.1 Å². The van der Waals surface area contributed by atoms with Crippen molar-refractivity contribution in [2.45, 2.75) is 19.1 Å². The number of nitrogens with two attached hydrogens (primary N) is 1. The third-order valence-electron chi connectivity index (χ3n) is 2.56. The lowest BCUT2D eigenvalue weighted by Gasteiger charge is -2.11. The highest BCUT2D eigenvalue weighted by Crippen LogP contribution is 2.34. The van der Waals surface area contributed by atoms with Gasteiger partial charge in [0.25, 0.3) is 0 Å². The van der Waals surface area contributed by atoms with E-state index < -0.39 is 11.7 Å². The first kappa shape index (κ1) is 11.9. The van der Waals surface area contributed by atoms with E-state index in [1.165, 1.54) is 12.3 Å². The van der Waals surface area contributed by atoms with Crippen molar-refractivity contribution < 1.29 is 13.2 Å². The third-order valence-corrected chi connectivity index (χ3v) is 2.56. The maximum atomic E-state index is 12.7. The Morgan fingerprint density at radius 1 is 1.29 bits per heavy atom. The minimum atomic E-state index is -4.36. The second kappa shape index (κ2) is 4.00. The highest BCUT2D eigenvalue weighted by Gasteiger charge is 2.32. The summed E-state index contributed by atoms with van der Waals surface area (Å²) in [4.78, 5) is 3.96. The molecule has 2 rings (SSSR count). The van der Waals surface area contributed by atoms with Crippen LogP contribution in [-0.4, -0.2) is 4.98 Å². The zero-order chi connectivity index (χ0) is 12.6. The quantitative estimate of drug-likeness (QED) is 0.830. The number of nitrogens with zero attached hydrogens (tertiary/aromatic N) is 1. The van der Waals surface area contributed by atoms with Crippen molar-refractivity contribution in [3.8, 4) is 0 Å². The topological polar surface area (TPSA) is 38.9 Å². The van der Waals surface area contributed by atoms with Crippen LogP contribution in [0.5, 0.6) is 0 Å². The van der Waals surface area contributed by atoms with Crippen LogP contribution in [0.3, 0.4) is 0 Å². The van der Waals surface area contributed by atoms with Gasteiger partial charge in [-0.25, -0.2) is 0 Å². The van der Waals surface area contributed by atoms with Gasteiger partial charge in [0.1, 0.15) is 0 Å². The molecule has 1 unspecified atom stereocenters. The van der Waals surface area contributed by atoms with Gasteiger partial charge in [0, 0.05) is 17.6 Å². The van der Waals surface area contributed by atoms with E-state index in [0.717, 1.165) is 6.07 Å². The second-order valence-electron chi connectivity index (χ2n) is 3.92. The summed E-state index contributed by atoms with van der Waals surface area (Å²) in [7, 11) is 0. The van der Waals surface area contributed by atoms with Crippen molar-refractivity contribution in [2.24, 2.45) is 5.73 Å². The molecular weight excluding hydrogens is 229 g/mol. The molecule has 2 N–H and O–H groups in total. The van der Waals surface area contributed by atoms with Crippen LogP contribution in [0, 0.1) is 0 Å². The third kappa shape index (κ3) is 2.24. The van der Waals surface area contributed by atoms with E-state index in [2.05, 4.69) is 4.98 Å². The lowest BCUT2D eigenvalue weighted by atomic mass is 10.0. The van der Waals surface area contributed by atoms with Crippen LogP contribution >= 0.6 is 0 Å². The predicted molar refractivity (Wildman–Crippen MR) is 59.3 cm³/mol. The van der Waals surface area contributed by atoms with Crippen LogP contribution in [0.15, 0.2) is 30.5 Å². The van der Waals surface area contributed by atoms with Crippen molar-refractivity contribution in [3.63, 3.8) is 0 Å². The summed E-state index contributed by atoms with van der Waals surface area (Å²) >= 11 is 0.